The molecule has 0 heterocycles. The van der Waals surface area contributed by atoms with Crippen LogP contribution in [0.4, 0.5) is 4.79 Å². The molecule has 0 radical (unpaired) electrons. The van der Waals surface area contributed by atoms with Crippen LogP contribution in [0, 0.1) is 11.8 Å². The maximum atomic E-state index is 11.5. The molecular formula is C12H22N2O3. The van der Waals surface area contributed by atoms with E-state index in [-0.39, 0.29) is 24.4 Å². The van der Waals surface area contributed by atoms with Crippen molar-refractivity contribution in [3.05, 3.63) is 0 Å². The van der Waals surface area contributed by atoms with Gasteiger partial charge in [-0.25, -0.2) is 4.79 Å². The molecule has 0 aromatic rings. The Morgan fingerprint density at radius 3 is 2.47 bits per heavy atom. The lowest BCUT2D eigenvalue weighted by Crippen LogP contribution is -2.45. The predicted octanol–water partition coefficient (Wildman–Crippen LogP) is 1.58. The van der Waals surface area contributed by atoms with E-state index >= 15 is 0 Å². The van der Waals surface area contributed by atoms with E-state index in [1.54, 1.807) is 0 Å². The van der Waals surface area contributed by atoms with E-state index in [9.17, 15) is 9.59 Å². The average molecular weight is 242 g/mol. The summed E-state index contributed by atoms with van der Waals surface area (Å²) in [6.07, 6.45) is 3.54. The lowest BCUT2D eigenvalue weighted by molar-refractivity contribution is -0.137. The molecule has 5 heteroatoms. The molecule has 1 atom stereocenters. The molecule has 1 aliphatic carbocycles. The van der Waals surface area contributed by atoms with E-state index in [0.717, 1.165) is 12.3 Å². The molecule has 5 nitrogen and oxygen atoms in total. The van der Waals surface area contributed by atoms with E-state index < -0.39 is 5.97 Å². The second-order valence-electron chi connectivity index (χ2n) is 5.08. The first-order valence-electron chi connectivity index (χ1n) is 6.25. The topological polar surface area (TPSA) is 78.4 Å². The first-order chi connectivity index (χ1) is 7.99. The summed E-state index contributed by atoms with van der Waals surface area (Å²) in [5, 5.41) is 14.2. The maximum Gasteiger partial charge on any atom is 0.315 e. The van der Waals surface area contributed by atoms with Crippen LogP contribution in [0.5, 0.6) is 0 Å². The first kappa shape index (κ1) is 13.8. The van der Waals surface area contributed by atoms with Crippen LogP contribution < -0.4 is 10.6 Å². The number of carbonyl (C=O) groups excluding carboxylic acids is 1. The third kappa shape index (κ3) is 6.14. The summed E-state index contributed by atoms with van der Waals surface area (Å²) in [6, 6.07) is -0.570. The van der Waals surface area contributed by atoms with Crippen LogP contribution in [0.25, 0.3) is 0 Å². The van der Waals surface area contributed by atoms with Gasteiger partial charge in [-0.2, -0.15) is 0 Å². The number of hydrogen-bond donors (Lipinski definition) is 3. The Balaban J connectivity index is 2.21. The second kappa shape index (κ2) is 6.47. The van der Waals surface area contributed by atoms with Gasteiger partial charge in [0.15, 0.2) is 0 Å². The van der Waals surface area contributed by atoms with Crippen LogP contribution in [-0.4, -0.2) is 29.7 Å². The van der Waals surface area contributed by atoms with Crippen molar-refractivity contribution in [3.8, 4) is 0 Å². The van der Waals surface area contributed by atoms with Crippen LogP contribution in [0.1, 0.15) is 39.5 Å². The Kier molecular flexibility index (Phi) is 5.25. The van der Waals surface area contributed by atoms with Crippen molar-refractivity contribution < 1.29 is 14.7 Å². The summed E-state index contributed by atoms with van der Waals surface area (Å²) in [4.78, 5) is 22.2. The lowest BCUT2D eigenvalue weighted by atomic mass is 10.0. The monoisotopic (exact) mass is 242 g/mol. The van der Waals surface area contributed by atoms with Gasteiger partial charge in [0.1, 0.15) is 0 Å². The summed E-state index contributed by atoms with van der Waals surface area (Å²) in [7, 11) is 0. The number of rotatable bonds is 7. The number of carbonyl (C=O) groups is 2. The van der Waals surface area contributed by atoms with Gasteiger partial charge in [0.25, 0.3) is 0 Å². The minimum absolute atomic E-state index is 0.0340. The van der Waals surface area contributed by atoms with E-state index in [0.29, 0.717) is 6.54 Å². The minimum Gasteiger partial charge on any atom is -0.481 e. The van der Waals surface area contributed by atoms with Crippen molar-refractivity contribution in [2.45, 2.75) is 45.6 Å². The number of carboxylic acids is 1. The zero-order valence-electron chi connectivity index (χ0n) is 10.5. The van der Waals surface area contributed by atoms with Gasteiger partial charge in [-0.1, -0.05) is 26.7 Å². The van der Waals surface area contributed by atoms with Crippen molar-refractivity contribution in [2.24, 2.45) is 11.8 Å². The van der Waals surface area contributed by atoms with E-state index in [2.05, 4.69) is 10.6 Å². The molecule has 98 valence electrons. The van der Waals surface area contributed by atoms with Gasteiger partial charge in [0, 0.05) is 12.6 Å². The third-order valence-electron chi connectivity index (χ3n) is 3.05. The highest BCUT2D eigenvalue weighted by Gasteiger charge is 2.22. The van der Waals surface area contributed by atoms with Gasteiger partial charge in [-0.05, 0) is 18.3 Å². The van der Waals surface area contributed by atoms with Crippen molar-refractivity contribution in [2.75, 3.05) is 6.54 Å². The molecule has 1 unspecified atom stereocenters. The maximum absolute atomic E-state index is 11.5. The fourth-order valence-corrected chi connectivity index (χ4v) is 1.66. The molecule has 1 rings (SSSR count). The van der Waals surface area contributed by atoms with Crippen LogP contribution in [0.15, 0.2) is 0 Å². The van der Waals surface area contributed by atoms with Crippen LogP contribution >= 0.6 is 0 Å². The van der Waals surface area contributed by atoms with Gasteiger partial charge >= 0.3 is 12.0 Å². The molecule has 0 saturated heterocycles. The zero-order valence-corrected chi connectivity index (χ0v) is 10.5. The Hall–Kier alpha value is -1.26. The summed E-state index contributed by atoms with van der Waals surface area (Å²) in [6.45, 7) is 4.48. The SMILES string of the molecule is CC(C)C(CC(=O)O)NC(=O)NCCC1CC1. The molecule has 0 aromatic carbocycles. The van der Waals surface area contributed by atoms with Gasteiger partial charge < -0.3 is 15.7 Å². The first-order valence-corrected chi connectivity index (χ1v) is 6.25. The number of amides is 2. The van der Waals surface area contributed by atoms with Gasteiger partial charge in [0.05, 0.1) is 6.42 Å². The molecule has 1 fully saturated rings. The molecule has 0 spiro atoms. The van der Waals surface area contributed by atoms with Crippen molar-refractivity contribution in [1.29, 1.82) is 0 Å². The zero-order chi connectivity index (χ0) is 12.8. The smallest absolute Gasteiger partial charge is 0.315 e. The number of hydrogen-bond acceptors (Lipinski definition) is 2. The molecule has 0 aliphatic heterocycles. The van der Waals surface area contributed by atoms with Crippen molar-refractivity contribution in [1.82, 2.24) is 10.6 Å². The number of carboxylic acid groups (broad SMARTS) is 1. The number of nitrogens with one attached hydrogen (secondary N) is 2. The number of aliphatic carboxylic acids is 1. The van der Waals surface area contributed by atoms with Crippen molar-refractivity contribution in [3.63, 3.8) is 0 Å². The Morgan fingerprint density at radius 1 is 1.35 bits per heavy atom. The minimum atomic E-state index is -0.887. The standard InChI is InChI=1S/C12H22N2O3/c1-8(2)10(7-11(15)16)14-12(17)13-6-5-9-3-4-9/h8-10H,3-7H2,1-2H3,(H,15,16)(H2,13,14,17). The molecular weight excluding hydrogens is 220 g/mol. The average Bonchev–Trinajstić information content (AvgIpc) is 2.99. The molecule has 0 aromatic heterocycles. The van der Waals surface area contributed by atoms with Gasteiger partial charge in [-0.15, -0.1) is 0 Å². The fraction of sp³-hybridized carbons (Fsp3) is 0.833. The van der Waals surface area contributed by atoms with E-state index in [4.69, 9.17) is 5.11 Å². The largest absolute Gasteiger partial charge is 0.481 e. The highest BCUT2D eigenvalue weighted by Crippen LogP contribution is 2.31. The molecule has 1 aliphatic rings. The van der Waals surface area contributed by atoms with Crippen LogP contribution in [0.3, 0.4) is 0 Å². The Morgan fingerprint density at radius 2 is 2.00 bits per heavy atom. The van der Waals surface area contributed by atoms with Crippen molar-refractivity contribution >= 4 is 12.0 Å². The van der Waals surface area contributed by atoms with E-state index in [1.807, 2.05) is 13.8 Å². The van der Waals surface area contributed by atoms with Crippen LogP contribution in [0.2, 0.25) is 0 Å². The summed E-state index contributed by atoms with van der Waals surface area (Å²) >= 11 is 0. The number of urea groups is 1. The highest BCUT2D eigenvalue weighted by atomic mass is 16.4. The normalized spacial score (nSPS) is 16.6. The lowest BCUT2D eigenvalue weighted by Gasteiger charge is -2.20. The molecule has 3 N–H and O–H groups in total. The third-order valence-corrected chi connectivity index (χ3v) is 3.05. The summed E-state index contributed by atoms with van der Waals surface area (Å²) in [5.41, 5.74) is 0. The van der Waals surface area contributed by atoms with Crippen LogP contribution in [-0.2, 0) is 4.79 Å². The fourth-order valence-electron chi connectivity index (χ4n) is 1.66. The second-order valence-corrected chi connectivity index (χ2v) is 5.08. The van der Waals surface area contributed by atoms with Gasteiger partial charge in [-0.3, -0.25) is 4.79 Å². The molecule has 17 heavy (non-hydrogen) atoms. The quantitative estimate of drug-likeness (QED) is 0.634. The van der Waals surface area contributed by atoms with E-state index in [1.165, 1.54) is 12.8 Å². The molecule has 0 bridgehead atoms. The predicted molar refractivity (Wildman–Crippen MR) is 64.8 cm³/mol. The van der Waals surface area contributed by atoms with Gasteiger partial charge in [0.2, 0.25) is 0 Å². The summed E-state index contributed by atoms with van der Waals surface area (Å²) in [5.74, 6) is 0.0116. The highest BCUT2D eigenvalue weighted by molar-refractivity contribution is 5.75. The summed E-state index contributed by atoms with van der Waals surface area (Å²) < 4.78 is 0. The Labute approximate surface area is 102 Å². The Bertz CT molecular complexity index is 275. The molecule has 2 amide bonds. The molecule has 1 saturated carbocycles.